The van der Waals surface area contributed by atoms with E-state index in [0.29, 0.717) is 32.8 Å². The number of aromatic nitrogens is 1. The molecule has 1 amide bonds. The third kappa shape index (κ3) is 3.08. The zero-order valence-corrected chi connectivity index (χ0v) is 14.7. The smallest absolute Gasteiger partial charge is 0.271 e. The van der Waals surface area contributed by atoms with Crippen LogP contribution in [0.2, 0.25) is 0 Å². The minimum Gasteiger partial charge on any atom is -0.378 e. The zero-order valence-electron chi connectivity index (χ0n) is 14.7. The second-order valence-corrected chi connectivity index (χ2v) is 6.31. The van der Waals surface area contributed by atoms with E-state index in [9.17, 15) is 4.79 Å². The summed E-state index contributed by atoms with van der Waals surface area (Å²) >= 11 is 0. The van der Waals surface area contributed by atoms with E-state index in [0.717, 1.165) is 43.3 Å². The number of allylic oxidation sites excluding steroid dienone is 1. The molecule has 2 aliphatic heterocycles. The number of hydrogen-bond acceptors (Lipinski definition) is 4. The van der Waals surface area contributed by atoms with Gasteiger partial charge in [-0.3, -0.25) is 4.79 Å². The highest BCUT2D eigenvalue weighted by Gasteiger charge is 2.29. The number of anilines is 1. The van der Waals surface area contributed by atoms with Crippen molar-refractivity contribution in [2.24, 2.45) is 0 Å². The average molecular weight is 333 g/mol. The zero-order chi connectivity index (χ0) is 17.1. The molecule has 3 rings (SSSR count). The fraction of sp³-hybridized carbons (Fsp3) is 0.611. The fourth-order valence-corrected chi connectivity index (χ4v) is 3.68. The van der Waals surface area contributed by atoms with Gasteiger partial charge in [-0.1, -0.05) is 6.08 Å². The summed E-state index contributed by atoms with van der Waals surface area (Å²) in [6.45, 7) is 14.4. The maximum absolute atomic E-state index is 13.1. The van der Waals surface area contributed by atoms with Crippen LogP contribution in [-0.2, 0) is 16.0 Å². The highest BCUT2D eigenvalue weighted by Crippen LogP contribution is 2.32. The molecule has 0 bridgehead atoms. The van der Waals surface area contributed by atoms with Gasteiger partial charge >= 0.3 is 0 Å². The van der Waals surface area contributed by atoms with Crippen LogP contribution in [-0.4, -0.2) is 68.0 Å². The minimum absolute atomic E-state index is 0.0975. The number of carbonyl (C=O) groups is 1. The number of carbonyl (C=O) groups excluding carboxylic acids is 1. The lowest BCUT2D eigenvalue weighted by Crippen LogP contribution is -2.41. The summed E-state index contributed by atoms with van der Waals surface area (Å²) in [4.78, 5) is 17.4. The lowest BCUT2D eigenvalue weighted by atomic mass is 10.1. The van der Waals surface area contributed by atoms with Crippen LogP contribution < -0.4 is 4.90 Å². The van der Waals surface area contributed by atoms with Crippen molar-refractivity contribution >= 4 is 11.6 Å². The van der Waals surface area contributed by atoms with Crippen LogP contribution in [0.5, 0.6) is 0 Å². The molecule has 0 spiro atoms. The minimum atomic E-state index is 0.0975. The molecule has 0 unspecified atom stereocenters. The molecule has 1 aromatic rings. The van der Waals surface area contributed by atoms with Crippen LogP contribution in [0.25, 0.3) is 0 Å². The van der Waals surface area contributed by atoms with Crippen LogP contribution in [0.4, 0.5) is 5.69 Å². The molecular formula is C18H27N3O3. The fourth-order valence-electron chi connectivity index (χ4n) is 3.68. The Morgan fingerprint density at radius 2 is 1.67 bits per heavy atom. The quantitative estimate of drug-likeness (QED) is 0.785. The van der Waals surface area contributed by atoms with Gasteiger partial charge in [0.1, 0.15) is 5.69 Å². The normalized spacial score (nSPS) is 18.8. The third-order valence-electron chi connectivity index (χ3n) is 4.87. The molecule has 1 aromatic heterocycles. The summed E-state index contributed by atoms with van der Waals surface area (Å²) in [5.74, 6) is 0.0975. The summed E-state index contributed by atoms with van der Waals surface area (Å²) in [6, 6.07) is 0. The van der Waals surface area contributed by atoms with E-state index in [-0.39, 0.29) is 5.91 Å². The Morgan fingerprint density at radius 3 is 2.25 bits per heavy atom. The second kappa shape index (κ2) is 7.40. The molecule has 0 atom stereocenters. The molecule has 2 aliphatic rings. The number of rotatable bonds is 4. The van der Waals surface area contributed by atoms with Crippen LogP contribution in [0.1, 0.15) is 21.7 Å². The topological polar surface area (TPSA) is 46.9 Å². The molecule has 3 heterocycles. The van der Waals surface area contributed by atoms with Crippen molar-refractivity contribution in [3.63, 3.8) is 0 Å². The van der Waals surface area contributed by atoms with Crippen molar-refractivity contribution in [2.75, 3.05) is 57.5 Å². The van der Waals surface area contributed by atoms with Gasteiger partial charge in [0.2, 0.25) is 0 Å². The summed E-state index contributed by atoms with van der Waals surface area (Å²) in [5, 5.41) is 0. The largest absolute Gasteiger partial charge is 0.378 e. The number of ether oxygens (including phenoxy) is 2. The van der Waals surface area contributed by atoms with E-state index >= 15 is 0 Å². The van der Waals surface area contributed by atoms with Gasteiger partial charge in [-0.25, -0.2) is 0 Å². The summed E-state index contributed by atoms with van der Waals surface area (Å²) in [7, 11) is 0. The monoisotopic (exact) mass is 333 g/mol. The molecule has 0 saturated carbocycles. The molecule has 6 nitrogen and oxygen atoms in total. The third-order valence-corrected chi connectivity index (χ3v) is 4.87. The van der Waals surface area contributed by atoms with E-state index in [1.54, 1.807) is 0 Å². The van der Waals surface area contributed by atoms with Crippen LogP contribution in [0, 0.1) is 13.8 Å². The van der Waals surface area contributed by atoms with Crippen LogP contribution >= 0.6 is 0 Å². The first-order chi connectivity index (χ1) is 11.6. The SMILES string of the molecule is C=CCn1c(C)c(N2CCOCC2)c(C)c1C(=O)N1CCOCC1. The van der Waals surface area contributed by atoms with Gasteiger partial charge in [-0.15, -0.1) is 6.58 Å². The molecule has 24 heavy (non-hydrogen) atoms. The van der Waals surface area contributed by atoms with Crippen LogP contribution in [0.15, 0.2) is 12.7 Å². The summed E-state index contributed by atoms with van der Waals surface area (Å²) in [6.07, 6.45) is 1.85. The van der Waals surface area contributed by atoms with E-state index in [1.807, 2.05) is 11.0 Å². The molecule has 2 fully saturated rings. The Bertz CT molecular complexity index is 612. The predicted octanol–water partition coefficient (Wildman–Crippen LogP) is 1.60. The van der Waals surface area contributed by atoms with Gasteiger partial charge in [0.05, 0.1) is 32.1 Å². The summed E-state index contributed by atoms with van der Waals surface area (Å²) < 4.78 is 13.0. The number of hydrogen-bond donors (Lipinski definition) is 0. The molecular weight excluding hydrogens is 306 g/mol. The maximum atomic E-state index is 13.1. The number of nitrogens with zero attached hydrogens (tertiary/aromatic N) is 3. The van der Waals surface area contributed by atoms with Gasteiger partial charge in [-0.2, -0.15) is 0 Å². The first-order valence-electron chi connectivity index (χ1n) is 8.65. The van der Waals surface area contributed by atoms with Crippen molar-refractivity contribution in [3.8, 4) is 0 Å². The van der Waals surface area contributed by atoms with E-state index in [2.05, 4.69) is 29.9 Å². The van der Waals surface area contributed by atoms with Crippen molar-refractivity contribution < 1.29 is 14.3 Å². The lowest BCUT2D eigenvalue weighted by molar-refractivity contribution is 0.0295. The molecule has 0 N–H and O–H groups in total. The highest BCUT2D eigenvalue weighted by molar-refractivity contribution is 5.96. The van der Waals surface area contributed by atoms with Crippen molar-refractivity contribution in [2.45, 2.75) is 20.4 Å². The van der Waals surface area contributed by atoms with Crippen molar-refractivity contribution in [3.05, 3.63) is 29.6 Å². The molecule has 0 aromatic carbocycles. The van der Waals surface area contributed by atoms with E-state index in [4.69, 9.17) is 9.47 Å². The standard InChI is InChI=1S/C18H27N3O3/c1-4-5-21-15(3)16(19-6-10-23-11-7-19)14(2)17(21)18(22)20-8-12-24-13-9-20/h4H,1,5-13H2,2-3H3. The number of morpholine rings is 2. The molecule has 0 radical (unpaired) electrons. The molecule has 2 saturated heterocycles. The maximum Gasteiger partial charge on any atom is 0.271 e. The Labute approximate surface area is 143 Å². The van der Waals surface area contributed by atoms with Crippen molar-refractivity contribution in [1.29, 1.82) is 0 Å². The van der Waals surface area contributed by atoms with Gasteiger partial charge in [0, 0.05) is 44.0 Å². The molecule has 6 heteroatoms. The first kappa shape index (κ1) is 17.0. The predicted molar refractivity (Wildman–Crippen MR) is 93.9 cm³/mol. The summed E-state index contributed by atoms with van der Waals surface area (Å²) in [5.41, 5.74) is 4.16. The van der Waals surface area contributed by atoms with Crippen LogP contribution in [0.3, 0.4) is 0 Å². The highest BCUT2D eigenvalue weighted by atomic mass is 16.5. The molecule has 132 valence electrons. The average Bonchev–Trinajstić information content (AvgIpc) is 2.86. The second-order valence-electron chi connectivity index (χ2n) is 6.31. The van der Waals surface area contributed by atoms with Gasteiger partial charge in [0.15, 0.2) is 0 Å². The van der Waals surface area contributed by atoms with Crippen molar-refractivity contribution in [1.82, 2.24) is 9.47 Å². The van der Waals surface area contributed by atoms with Gasteiger partial charge < -0.3 is 23.8 Å². The Balaban J connectivity index is 1.99. The molecule has 0 aliphatic carbocycles. The van der Waals surface area contributed by atoms with E-state index in [1.165, 1.54) is 5.69 Å². The van der Waals surface area contributed by atoms with Gasteiger partial charge in [-0.05, 0) is 13.8 Å². The Kier molecular flexibility index (Phi) is 5.26. The Morgan fingerprint density at radius 1 is 1.08 bits per heavy atom. The number of amides is 1. The Hall–Kier alpha value is -1.79. The first-order valence-corrected chi connectivity index (χ1v) is 8.65. The lowest BCUT2D eigenvalue weighted by Gasteiger charge is -2.30. The van der Waals surface area contributed by atoms with Gasteiger partial charge in [0.25, 0.3) is 5.91 Å². The van der Waals surface area contributed by atoms with E-state index < -0.39 is 0 Å².